The van der Waals surface area contributed by atoms with Crippen LogP contribution < -0.4 is 0 Å². The van der Waals surface area contributed by atoms with Gasteiger partial charge in [0, 0.05) is 12.8 Å². The second-order valence-corrected chi connectivity index (χ2v) is 4.56. The van der Waals surface area contributed by atoms with Crippen molar-refractivity contribution in [1.82, 2.24) is 0 Å². The van der Waals surface area contributed by atoms with Crippen molar-refractivity contribution in [3.63, 3.8) is 0 Å². The van der Waals surface area contributed by atoms with Gasteiger partial charge >= 0.3 is 5.97 Å². The van der Waals surface area contributed by atoms with E-state index in [-0.39, 0.29) is 11.2 Å². The summed E-state index contributed by atoms with van der Waals surface area (Å²) < 4.78 is 4.84. The number of hydrogen-bond acceptors (Lipinski definition) is 3. The summed E-state index contributed by atoms with van der Waals surface area (Å²) in [6.45, 7) is 2.29. The molecule has 0 saturated heterocycles. The minimum atomic E-state index is -0.237. The summed E-state index contributed by atoms with van der Waals surface area (Å²) >= 11 is 5.23. The van der Waals surface area contributed by atoms with E-state index in [1.54, 1.807) is 0 Å². The summed E-state index contributed by atoms with van der Waals surface area (Å²) in [6.07, 6.45) is 8.43. The third-order valence-electron chi connectivity index (χ3n) is 2.56. The molecule has 0 aliphatic carbocycles. The molecule has 0 aliphatic rings. The highest BCUT2D eigenvalue weighted by molar-refractivity contribution is 6.63. The van der Waals surface area contributed by atoms with Crippen molar-refractivity contribution in [2.75, 3.05) is 6.61 Å². The van der Waals surface area contributed by atoms with E-state index in [2.05, 4.69) is 0 Å². The van der Waals surface area contributed by atoms with Crippen LogP contribution in [-0.2, 0) is 14.3 Å². The number of unbranched alkanes of at least 4 members (excludes halogenated alkanes) is 6. The lowest BCUT2D eigenvalue weighted by molar-refractivity contribution is -0.143. The molecule has 0 bridgehead atoms. The molecule has 0 heterocycles. The van der Waals surface area contributed by atoms with Crippen LogP contribution in [0.1, 0.15) is 64.7 Å². The van der Waals surface area contributed by atoms with E-state index < -0.39 is 0 Å². The Morgan fingerprint density at radius 2 is 1.35 bits per heavy atom. The average Bonchev–Trinajstić information content (AvgIpc) is 2.27. The highest BCUT2D eigenvalue weighted by atomic mass is 35.5. The molecule has 0 aromatic rings. The van der Waals surface area contributed by atoms with E-state index in [1.165, 1.54) is 6.42 Å². The Kier molecular flexibility index (Phi) is 11.5. The first kappa shape index (κ1) is 16.4. The van der Waals surface area contributed by atoms with Gasteiger partial charge in [0.2, 0.25) is 5.24 Å². The molecule has 0 aliphatic heterocycles. The van der Waals surface area contributed by atoms with Crippen molar-refractivity contribution in [2.24, 2.45) is 0 Å². The Hall–Kier alpha value is -0.570. The van der Waals surface area contributed by atoms with Gasteiger partial charge in [0.15, 0.2) is 0 Å². The maximum atomic E-state index is 11.0. The van der Waals surface area contributed by atoms with Gasteiger partial charge in [-0.3, -0.25) is 9.59 Å². The first-order valence-electron chi connectivity index (χ1n) is 6.50. The van der Waals surface area contributed by atoms with Crippen LogP contribution >= 0.6 is 11.6 Å². The topological polar surface area (TPSA) is 43.4 Å². The SMILES string of the molecule is CCOC(=O)CCCCCCCCCC(=O)Cl. The highest BCUT2D eigenvalue weighted by Gasteiger charge is 2.00. The van der Waals surface area contributed by atoms with E-state index in [0.717, 1.165) is 38.5 Å². The molecular formula is C13H23ClO3. The first-order valence-corrected chi connectivity index (χ1v) is 6.88. The van der Waals surface area contributed by atoms with Crippen molar-refractivity contribution in [1.29, 1.82) is 0 Å². The zero-order valence-corrected chi connectivity index (χ0v) is 11.4. The van der Waals surface area contributed by atoms with Crippen molar-refractivity contribution in [2.45, 2.75) is 64.7 Å². The Balaban J connectivity index is 3.08. The van der Waals surface area contributed by atoms with Crippen molar-refractivity contribution >= 4 is 22.8 Å². The molecular weight excluding hydrogens is 240 g/mol. The summed E-state index contributed by atoms with van der Waals surface area (Å²) in [7, 11) is 0. The fourth-order valence-electron chi connectivity index (χ4n) is 1.65. The molecule has 0 aromatic carbocycles. The standard InChI is InChI=1S/C13H23ClO3/c1-2-17-13(16)11-9-7-5-3-4-6-8-10-12(14)15/h2-11H2,1H3. The third kappa shape index (κ3) is 13.4. The van der Waals surface area contributed by atoms with Gasteiger partial charge in [0.05, 0.1) is 6.61 Å². The predicted molar refractivity (Wildman–Crippen MR) is 69.0 cm³/mol. The molecule has 0 amide bonds. The first-order chi connectivity index (χ1) is 8.16. The zero-order chi connectivity index (χ0) is 12.9. The summed E-state index contributed by atoms with van der Waals surface area (Å²) in [4.78, 5) is 21.5. The number of rotatable bonds is 11. The molecule has 0 N–H and O–H groups in total. The molecule has 100 valence electrons. The number of carbonyl (C=O) groups excluding carboxylic acids is 2. The maximum absolute atomic E-state index is 11.0. The van der Waals surface area contributed by atoms with E-state index >= 15 is 0 Å². The van der Waals surface area contributed by atoms with Gasteiger partial charge in [-0.2, -0.15) is 0 Å². The normalized spacial score (nSPS) is 10.2. The molecule has 0 radical (unpaired) electrons. The number of carbonyl (C=O) groups is 2. The molecule has 0 rings (SSSR count). The van der Waals surface area contributed by atoms with Crippen molar-refractivity contribution < 1.29 is 14.3 Å². The van der Waals surface area contributed by atoms with Gasteiger partial charge in [-0.15, -0.1) is 0 Å². The summed E-state index contributed by atoms with van der Waals surface area (Å²) in [5.74, 6) is -0.0897. The van der Waals surface area contributed by atoms with Crippen LogP contribution in [0.25, 0.3) is 0 Å². The largest absolute Gasteiger partial charge is 0.466 e. The lowest BCUT2D eigenvalue weighted by Crippen LogP contribution is -2.03. The second kappa shape index (κ2) is 11.9. The summed E-state index contributed by atoms with van der Waals surface area (Å²) in [6, 6.07) is 0. The van der Waals surface area contributed by atoms with Crippen molar-refractivity contribution in [3.05, 3.63) is 0 Å². The van der Waals surface area contributed by atoms with Crippen LogP contribution in [0.4, 0.5) is 0 Å². The third-order valence-corrected chi connectivity index (χ3v) is 2.75. The Morgan fingerprint density at radius 1 is 0.882 bits per heavy atom. The van der Waals surface area contributed by atoms with Crippen LogP contribution in [-0.4, -0.2) is 17.8 Å². The molecule has 0 aromatic heterocycles. The predicted octanol–water partition coefficient (Wildman–Crippen LogP) is 3.83. The van der Waals surface area contributed by atoms with Gasteiger partial charge in [-0.25, -0.2) is 0 Å². The van der Waals surface area contributed by atoms with Crippen LogP contribution in [0, 0.1) is 0 Å². The molecule has 0 spiro atoms. The minimum absolute atomic E-state index is 0.0897. The van der Waals surface area contributed by atoms with Gasteiger partial charge in [-0.05, 0) is 31.4 Å². The summed E-state index contributed by atoms with van der Waals surface area (Å²) in [5, 5.41) is -0.237. The quantitative estimate of drug-likeness (QED) is 0.323. The Bertz CT molecular complexity index is 217. The van der Waals surface area contributed by atoms with E-state index in [4.69, 9.17) is 16.3 Å². The molecule has 0 atom stereocenters. The fourth-order valence-corrected chi connectivity index (χ4v) is 1.78. The van der Waals surface area contributed by atoms with Crippen LogP contribution in [0.3, 0.4) is 0 Å². The van der Waals surface area contributed by atoms with E-state index in [1.807, 2.05) is 6.92 Å². The van der Waals surface area contributed by atoms with E-state index in [0.29, 0.717) is 19.4 Å². The van der Waals surface area contributed by atoms with Gasteiger partial charge < -0.3 is 4.74 Å². The van der Waals surface area contributed by atoms with Gasteiger partial charge in [0.1, 0.15) is 0 Å². The Labute approximate surface area is 109 Å². The molecule has 0 fully saturated rings. The Morgan fingerprint density at radius 3 is 1.82 bits per heavy atom. The van der Waals surface area contributed by atoms with Crippen LogP contribution in [0.2, 0.25) is 0 Å². The molecule has 17 heavy (non-hydrogen) atoms. The summed E-state index contributed by atoms with van der Waals surface area (Å²) in [5.41, 5.74) is 0. The fraction of sp³-hybridized carbons (Fsp3) is 0.846. The monoisotopic (exact) mass is 262 g/mol. The second-order valence-electron chi connectivity index (χ2n) is 4.14. The van der Waals surface area contributed by atoms with E-state index in [9.17, 15) is 9.59 Å². The molecule has 4 heteroatoms. The molecule has 0 saturated carbocycles. The van der Waals surface area contributed by atoms with Gasteiger partial charge in [-0.1, -0.05) is 32.1 Å². The number of halogens is 1. The van der Waals surface area contributed by atoms with Crippen molar-refractivity contribution in [3.8, 4) is 0 Å². The van der Waals surface area contributed by atoms with Gasteiger partial charge in [0.25, 0.3) is 0 Å². The molecule has 3 nitrogen and oxygen atoms in total. The maximum Gasteiger partial charge on any atom is 0.305 e. The van der Waals surface area contributed by atoms with Crippen LogP contribution in [0.5, 0.6) is 0 Å². The zero-order valence-electron chi connectivity index (χ0n) is 10.7. The lowest BCUT2D eigenvalue weighted by Gasteiger charge is -2.02. The molecule has 0 unspecified atom stereocenters. The number of ether oxygens (including phenoxy) is 1. The van der Waals surface area contributed by atoms with Crippen LogP contribution in [0.15, 0.2) is 0 Å². The lowest BCUT2D eigenvalue weighted by atomic mass is 10.1. The minimum Gasteiger partial charge on any atom is -0.466 e. The highest BCUT2D eigenvalue weighted by Crippen LogP contribution is 2.10. The smallest absolute Gasteiger partial charge is 0.305 e. The number of hydrogen-bond donors (Lipinski definition) is 0. The number of esters is 1. The average molecular weight is 263 g/mol.